The van der Waals surface area contributed by atoms with Crippen molar-refractivity contribution in [3.05, 3.63) is 82.0 Å². The topological polar surface area (TPSA) is 64.0 Å². The van der Waals surface area contributed by atoms with Crippen molar-refractivity contribution in [2.75, 3.05) is 44.4 Å². The molecule has 0 radical (unpaired) electrons. The maximum atomic E-state index is 13.0. The minimum Gasteiger partial charge on any atom is -0.492 e. The van der Waals surface area contributed by atoms with Crippen molar-refractivity contribution in [1.82, 2.24) is 9.47 Å². The molecule has 2 fully saturated rings. The van der Waals surface area contributed by atoms with Crippen LogP contribution < -0.4 is 9.64 Å². The summed E-state index contributed by atoms with van der Waals surface area (Å²) in [5.74, 6) is 0.454. The third-order valence-electron chi connectivity index (χ3n) is 6.69. The predicted molar refractivity (Wildman–Crippen MR) is 148 cm³/mol. The Bertz CT molecular complexity index is 1340. The van der Waals surface area contributed by atoms with E-state index in [1.807, 2.05) is 44.2 Å². The highest BCUT2D eigenvalue weighted by Crippen LogP contribution is 2.34. The lowest BCUT2D eigenvalue weighted by atomic mass is 10.2. The number of amides is 2. The number of aromatic nitrogens is 1. The van der Waals surface area contributed by atoms with E-state index in [1.165, 1.54) is 10.6 Å². The number of benzene rings is 2. The van der Waals surface area contributed by atoms with Crippen LogP contribution in [-0.2, 0) is 9.53 Å². The van der Waals surface area contributed by atoms with Gasteiger partial charge in [0.2, 0.25) is 0 Å². The number of aryl methyl sites for hydroxylation is 2. The molecule has 0 N–H and O–H groups in total. The second-order valence-electron chi connectivity index (χ2n) is 9.28. The van der Waals surface area contributed by atoms with Crippen LogP contribution >= 0.6 is 11.8 Å². The van der Waals surface area contributed by atoms with Crippen LogP contribution in [0.5, 0.6) is 5.75 Å². The van der Waals surface area contributed by atoms with Crippen LogP contribution in [0.1, 0.15) is 22.5 Å². The summed E-state index contributed by atoms with van der Waals surface area (Å²) in [6.45, 7) is 9.86. The Morgan fingerprint density at radius 1 is 0.973 bits per heavy atom. The first-order valence-corrected chi connectivity index (χ1v) is 13.3. The highest BCUT2D eigenvalue weighted by molar-refractivity contribution is 8.18. The lowest BCUT2D eigenvalue weighted by Crippen LogP contribution is -2.36. The van der Waals surface area contributed by atoms with Crippen LogP contribution in [0.15, 0.2) is 59.5 Å². The largest absolute Gasteiger partial charge is 0.492 e. The molecule has 5 rings (SSSR count). The molecule has 8 heteroatoms. The number of anilines is 1. The lowest BCUT2D eigenvalue weighted by molar-refractivity contribution is -0.123. The molecule has 3 heterocycles. The summed E-state index contributed by atoms with van der Waals surface area (Å²) in [6, 6.07) is 18.3. The van der Waals surface area contributed by atoms with E-state index in [0.717, 1.165) is 72.0 Å². The molecule has 2 amide bonds. The number of morpholine rings is 1. The number of rotatable bonds is 7. The quantitative estimate of drug-likeness (QED) is 0.394. The minimum absolute atomic E-state index is 0.213. The van der Waals surface area contributed by atoms with E-state index in [1.54, 1.807) is 0 Å². The molecule has 0 atom stereocenters. The average Bonchev–Trinajstić information content (AvgIpc) is 3.33. The van der Waals surface area contributed by atoms with Crippen LogP contribution in [0, 0.1) is 20.8 Å². The van der Waals surface area contributed by atoms with Gasteiger partial charge in [0.1, 0.15) is 12.4 Å². The first kappa shape index (κ1) is 25.2. The zero-order chi connectivity index (χ0) is 25.9. The Morgan fingerprint density at radius 3 is 2.43 bits per heavy atom. The molecule has 37 heavy (non-hydrogen) atoms. The standard InChI is InChI=1S/C29H31N3O4S/c1-20-5-4-6-26(17-20)36-16-13-31-28(33)27(37-29(31)34)19-23-18-21(2)32(22(23)3)25-9-7-24(8-10-25)30-11-14-35-15-12-30/h4-10,17-19H,11-16H2,1-3H3/b27-19-. The number of imide groups is 1. The number of nitrogens with zero attached hydrogens (tertiary/aromatic N) is 3. The van der Waals surface area contributed by atoms with Crippen molar-refractivity contribution in [2.45, 2.75) is 20.8 Å². The molecule has 192 valence electrons. The zero-order valence-corrected chi connectivity index (χ0v) is 22.2. The molecule has 0 bridgehead atoms. The van der Waals surface area contributed by atoms with Crippen LogP contribution in [0.3, 0.4) is 0 Å². The molecule has 7 nitrogen and oxygen atoms in total. The van der Waals surface area contributed by atoms with Crippen molar-refractivity contribution in [1.29, 1.82) is 0 Å². The highest BCUT2D eigenvalue weighted by Gasteiger charge is 2.35. The summed E-state index contributed by atoms with van der Waals surface area (Å²) in [6.07, 6.45) is 1.83. The van der Waals surface area contributed by atoms with Gasteiger partial charge in [-0.3, -0.25) is 14.5 Å². The second-order valence-corrected chi connectivity index (χ2v) is 10.3. The molecular formula is C29H31N3O4S. The van der Waals surface area contributed by atoms with E-state index in [2.05, 4.69) is 46.7 Å². The van der Waals surface area contributed by atoms with E-state index < -0.39 is 0 Å². The van der Waals surface area contributed by atoms with E-state index in [4.69, 9.17) is 9.47 Å². The fourth-order valence-corrected chi connectivity index (χ4v) is 5.61. The number of thioether (sulfide) groups is 1. The number of carbonyl (C=O) groups is 2. The fraction of sp³-hybridized carbons (Fsp3) is 0.310. The van der Waals surface area contributed by atoms with E-state index in [9.17, 15) is 9.59 Å². The van der Waals surface area contributed by atoms with Crippen LogP contribution in [-0.4, -0.2) is 60.1 Å². The lowest BCUT2D eigenvalue weighted by Gasteiger charge is -2.29. The molecule has 1 aromatic heterocycles. The van der Waals surface area contributed by atoms with Gasteiger partial charge in [-0.25, -0.2) is 0 Å². The predicted octanol–water partition coefficient (Wildman–Crippen LogP) is 5.35. The van der Waals surface area contributed by atoms with Gasteiger partial charge in [-0.15, -0.1) is 0 Å². The van der Waals surface area contributed by atoms with Gasteiger partial charge in [0.15, 0.2) is 0 Å². The zero-order valence-electron chi connectivity index (χ0n) is 21.4. The third kappa shape index (κ3) is 5.45. The van der Waals surface area contributed by atoms with Crippen molar-refractivity contribution >= 4 is 34.7 Å². The summed E-state index contributed by atoms with van der Waals surface area (Å²) in [4.78, 5) is 29.6. The Kier molecular flexibility index (Phi) is 7.39. The van der Waals surface area contributed by atoms with Crippen LogP contribution in [0.4, 0.5) is 10.5 Å². The van der Waals surface area contributed by atoms with Gasteiger partial charge in [-0.2, -0.15) is 0 Å². The van der Waals surface area contributed by atoms with Gasteiger partial charge in [-0.05, 0) is 92.2 Å². The molecular weight excluding hydrogens is 486 g/mol. The van der Waals surface area contributed by atoms with Gasteiger partial charge in [0.05, 0.1) is 24.7 Å². The molecule has 0 spiro atoms. The van der Waals surface area contributed by atoms with Gasteiger partial charge in [-0.1, -0.05) is 12.1 Å². The Balaban J connectivity index is 1.28. The van der Waals surface area contributed by atoms with E-state index in [-0.39, 0.29) is 24.3 Å². The third-order valence-corrected chi connectivity index (χ3v) is 7.60. The van der Waals surface area contributed by atoms with Crippen molar-refractivity contribution in [2.24, 2.45) is 0 Å². The van der Waals surface area contributed by atoms with Crippen molar-refractivity contribution < 1.29 is 19.1 Å². The number of carbonyl (C=O) groups excluding carboxylic acids is 2. The second kappa shape index (κ2) is 10.9. The molecule has 0 saturated carbocycles. The Hall–Kier alpha value is -3.49. The fourth-order valence-electron chi connectivity index (χ4n) is 4.76. The van der Waals surface area contributed by atoms with Gasteiger partial charge < -0.3 is 18.9 Å². The normalized spacial score (nSPS) is 17.2. The van der Waals surface area contributed by atoms with Crippen LogP contribution in [0.25, 0.3) is 11.8 Å². The smallest absolute Gasteiger partial charge is 0.293 e. The van der Waals surface area contributed by atoms with Crippen molar-refractivity contribution in [3.63, 3.8) is 0 Å². The molecule has 2 aliphatic heterocycles. The van der Waals surface area contributed by atoms with E-state index >= 15 is 0 Å². The highest BCUT2D eigenvalue weighted by atomic mass is 32.2. The van der Waals surface area contributed by atoms with Crippen LogP contribution in [0.2, 0.25) is 0 Å². The summed E-state index contributed by atoms with van der Waals surface area (Å²) in [5.41, 5.74) is 6.36. The van der Waals surface area contributed by atoms with Gasteiger partial charge >= 0.3 is 0 Å². The van der Waals surface area contributed by atoms with E-state index in [0.29, 0.717) is 4.91 Å². The molecule has 2 aromatic carbocycles. The maximum absolute atomic E-state index is 13.0. The van der Waals surface area contributed by atoms with Gasteiger partial charge in [0.25, 0.3) is 11.1 Å². The molecule has 2 saturated heterocycles. The molecule has 3 aromatic rings. The van der Waals surface area contributed by atoms with Gasteiger partial charge in [0, 0.05) is 35.9 Å². The number of ether oxygens (including phenoxy) is 2. The Labute approximate surface area is 221 Å². The number of hydrogen-bond donors (Lipinski definition) is 0. The molecule has 0 aliphatic carbocycles. The van der Waals surface area contributed by atoms with Crippen molar-refractivity contribution in [3.8, 4) is 11.4 Å². The SMILES string of the molecule is Cc1cccc(OCCN2C(=O)S/C(=C\c3cc(C)n(-c4ccc(N5CCOCC5)cc4)c3C)C2=O)c1. The maximum Gasteiger partial charge on any atom is 0.293 e. The first-order chi connectivity index (χ1) is 17.9. The minimum atomic E-state index is -0.275. The molecule has 2 aliphatic rings. The first-order valence-electron chi connectivity index (χ1n) is 12.5. The summed E-state index contributed by atoms with van der Waals surface area (Å²) >= 11 is 0.981. The Morgan fingerprint density at radius 2 is 1.70 bits per heavy atom. The number of hydrogen-bond acceptors (Lipinski definition) is 6. The summed E-state index contributed by atoms with van der Waals surface area (Å²) < 4.78 is 13.4. The average molecular weight is 518 g/mol. The summed E-state index contributed by atoms with van der Waals surface area (Å²) in [7, 11) is 0. The summed E-state index contributed by atoms with van der Waals surface area (Å²) in [5, 5.41) is -0.267. The molecule has 0 unspecified atom stereocenters. The monoisotopic (exact) mass is 517 g/mol.